The number of nitrogens with one attached hydrogen (secondary N) is 2. The Morgan fingerprint density at radius 1 is 1.19 bits per heavy atom. The third-order valence-electron chi connectivity index (χ3n) is 4.68. The summed E-state index contributed by atoms with van der Waals surface area (Å²) in [5.41, 5.74) is 1.07. The van der Waals surface area contributed by atoms with Gasteiger partial charge >= 0.3 is 0 Å². The van der Waals surface area contributed by atoms with Crippen molar-refractivity contribution in [2.45, 2.75) is 19.4 Å². The molecule has 0 bridgehead atoms. The van der Waals surface area contributed by atoms with Gasteiger partial charge in [0.1, 0.15) is 21.3 Å². The highest BCUT2D eigenvalue weighted by Gasteiger charge is 2.24. The SMILES string of the molecule is CCNC(=NCCOCCS(C)(=O)=O)NC1CCN(c2cc(OC)cc(OC)c2)C1.I. The molecule has 0 aliphatic carbocycles. The third-order valence-corrected chi connectivity index (χ3v) is 5.59. The first-order valence-corrected chi connectivity index (χ1v) is 12.2. The van der Waals surface area contributed by atoms with Gasteiger partial charge in [0.05, 0.1) is 39.7 Å². The monoisotopic (exact) mass is 570 g/mol. The predicted molar refractivity (Wildman–Crippen MR) is 135 cm³/mol. The van der Waals surface area contributed by atoms with Crippen molar-refractivity contribution >= 4 is 45.5 Å². The Morgan fingerprint density at radius 2 is 1.87 bits per heavy atom. The molecule has 0 saturated carbocycles. The average molecular weight is 570 g/mol. The van der Waals surface area contributed by atoms with Crippen molar-refractivity contribution in [2.24, 2.45) is 4.99 Å². The fourth-order valence-corrected chi connectivity index (χ4v) is 3.56. The zero-order valence-corrected chi connectivity index (χ0v) is 21.9. The van der Waals surface area contributed by atoms with Crippen LogP contribution in [0.3, 0.4) is 0 Å². The number of hydrogen-bond donors (Lipinski definition) is 2. The number of sulfone groups is 1. The van der Waals surface area contributed by atoms with E-state index in [2.05, 4.69) is 20.5 Å². The standard InChI is InChI=1S/C20H34N4O5S.HI/c1-5-21-20(22-7-9-29-10-11-30(4,25)26)23-16-6-8-24(15-16)17-12-18(27-2)14-19(13-17)28-3;/h12-14,16H,5-11,15H2,1-4H3,(H2,21,22,23);1H. The van der Waals surface area contributed by atoms with Crippen LogP contribution in [0.4, 0.5) is 5.69 Å². The molecule has 0 aromatic heterocycles. The molecule has 11 heteroatoms. The van der Waals surface area contributed by atoms with E-state index >= 15 is 0 Å². The van der Waals surface area contributed by atoms with E-state index in [9.17, 15) is 8.42 Å². The summed E-state index contributed by atoms with van der Waals surface area (Å²) in [7, 11) is 0.304. The molecular weight excluding hydrogens is 535 g/mol. The van der Waals surface area contributed by atoms with Crippen molar-refractivity contribution in [3.63, 3.8) is 0 Å². The van der Waals surface area contributed by atoms with Crippen molar-refractivity contribution in [3.05, 3.63) is 18.2 Å². The van der Waals surface area contributed by atoms with Gasteiger partial charge in [-0.25, -0.2) is 8.42 Å². The van der Waals surface area contributed by atoms with E-state index in [4.69, 9.17) is 14.2 Å². The van der Waals surface area contributed by atoms with Gasteiger partial charge in [-0.2, -0.15) is 0 Å². The molecule has 2 N–H and O–H groups in total. The minimum absolute atomic E-state index is 0. The van der Waals surface area contributed by atoms with Gasteiger partial charge in [-0.15, -0.1) is 24.0 Å². The summed E-state index contributed by atoms with van der Waals surface area (Å²) in [6.45, 7) is 5.57. The number of anilines is 1. The van der Waals surface area contributed by atoms with Gasteiger partial charge in [0.15, 0.2) is 5.96 Å². The normalized spacial score (nSPS) is 16.6. The number of guanidine groups is 1. The molecule has 1 aromatic rings. The number of rotatable bonds is 11. The topological polar surface area (TPSA) is 101 Å². The Bertz CT molecular complexity index is 785. The summed E-state index contributed by atoms with van der Waals surface area (Å²) in [5, 5.41) is 6.72. The molecule has 0 spiro atoms. The zero-order valence-electron chi connectivity index (χ0n) is 18.7. The molecule has 1 unspecified atom stereocenters. The van der Waals surface area contributed by atoms with Crippen molar-refractivity contribution in [1.82, 2.24) is 10.6 Å². The van der Waals surface area contributed by atoms with Crippen molar-refractivity contribution in [1.29, 1.82) is 0 Å². The highest BCUT2D eigenvalue weighted by Crippen LogP contribution is 2.30. The molecule has 1 aromatic carbocycles. The van der Waals surface area contributed by atoms with Crippen molar-refractivity contribution in [2.75, 3.05) is 70.5 Å². The second kappa shape index (κ2) is 13.8. The van der Waals surface area contributed by atoms with E-state index in [0.717, 1.165) is 49.2 Å². The Morgan fingerprint density at radius 3 is 2.45 bits per heavy atom. The number of halogens is 1. The summed E-state index contributed by atoms with van der Waals surface area (Å²) in [6, 6.07) is 6.14. The van der Waals surface area contributed by atoms with E-state index < -0.39 is 9.84 Å². The van der Waals surface area contributed by atoms with Crippen LogP contribution >= 0.6 is 24.0 Å². The lowest BCUT2D eigenvalue weighted by Gasteiger charge is -2.21. The summed E-state index contributed by atoms with van der Waals surface area (Å²) in [4.78, 5) is 6.82. The summed E-state index contributed by atoms with van der Waals surface area (Å²) < 4.78 is 38.3. The molecule has 0 amide bonds. The summed E-state index contributed by atoms with van der Waals surface area (Å²) >= 11 is 0. The molecule has 1 heterocycles. The number of aliphatic imine (C=N–C) groups is 1. The quantitative estimate of drug-likeness (QED) is 0.179. The maximum absolute atomic E-state index is 11.1. The van der Waals surface area contributed by atoms with E-state index in [0.29, 0.717) is 13.2 Å². The summed E-state index contributed by atoms with van der Waals surface area (Å²) in [6.07, 6.45) is 2.18. The largest absolute Gasteiger partial charge is 0.497 e. The van der Waals surface area contributed by atoms with Crippen LogP contribution in [-0.2, 0) is 14.6 Å². The van der Waals surface area contributed by atoms with Crippen LogP contribution in [0, 0.1) is 0 Å². The van der Waals surface area contributed by atoms with E-state index in [1.807, 2.05) is 25.1 Å². The molecular formula is C20H35IN4O5S. The lowest BCUT2D eigenvalue weighted by Crippen LogP contribution is -2.44. The Labute approximate surface area is 202 Å². The molecule has 178 valence electrons. The number of nitrogens with zero attached hydrogens (tertiary/aromatic N) is 2. The first kappa shape index (κ1) is 27.6. The molecule has 1 atom stereocenters. The van der Waals surface area contributed by atoms with Gasteiger partial charge in [0, 0.05) is 55.8 Å². The van der Waals surface area contributed by atoms with E-state index in [-0.39, 0.29) is 42.4 Å². The third kappa shape index (κ3) is 10.1. The van der Waals surface area contributed by atoms with Gasteiger partial charge in [0.2, 0.25) is 0 Å². The van der Waals surface area contributed by atoms with E-state index in [1.54, 1.807) is 14.2 Å². The van der Waals surface area contributed by atoms with Crippen LogP contribution < -0.4 is 25.0 Å². The molecule has 0 radical (unpaired) electrons. The van der Waals surface area contributed by atoms with Crippen LogP contribution in [0.5, 0.6) is 11.5 Å². The molecule has 1 aliphatic rings. The number of ether oxygens (including phenoxy) is 3. The number of benzene rings is 1. The fourth-order valence-electron chi connectivity index (χ4n) is 3.14. The smallest absolute Gasteiger partial charge is 0.191 e. The Balaban J connectivity index is 0.00000480. The highest BCUT2D eigenvalue weighted by atomic mass is 127. The zero-order chi connectivity index (χ0) is 22.0. The van der Waals surface area contributed by atoms with Crippen LogP contribution in [0.1, 0.15) is 13.3 Å². The highest BCUT2D eigenvalue weighted by molar-refractivity contribution is 14.0. The number of hydrogen-bond acceptors (Lipinski definition) is 7. The fraction of sp³-hybridized carbons (Fsp3) is 0.650. The lowest BCUT2D eigenvalue weighted by molar-refractivity contribution is 0.157. The van der Waals surface area contributed by atoms with Crippen molar-refractivity contribution in [3.8, 4) is 11.5 Å². The molecule has 9 nitrogen and oxygen atoms in total. The van der Waals surface area contributed by atoms with Crippen LogP contribution in [0.25, 0.3) is 0 Å². The Hall–Kier alpha value is -1.47. The molecule has 31 heavy (non-hydrogen) atoms. The van der Waals surface area contributed by atoms with Crippen LogP contribution in [0.15, 0.2) is 23.2 Å². The first-order chi connectivity index (χ1) is 14.3. The first-order valence-electron chi connectivity index (χ1n) is 10.1. The predicted octanol–water partition coefficient (Wildman–Crippen LogP) is 1.52. The molecule has 1 fully saturated rings. The molecule has 2 rings (SSSR count). The second-order valence-corrected chi connectivity index (χ2v) is 9.41. The van der Waals surface area contributed by atoms with Crippen LogP contribution in [0.2, 0.25) is 0 Å². The molecule has 1 saturated heterocycles. The number of methoxy groups -OCH3 is 2. The minimum atomic E-state index is -3.00. The maximum atomic E-state index is 11.1. The van der Waals surface area contributed by atoms with Gasteiger partial charge in [-0.05, 0) is 13.3 Å². The lowest BCUT2D eigenvalue weighted by atomic mass is 10.2. The Kier molecular flexibility index (Phi) is 12.3. The minimum Gasteiger partial charge on any atom is -0.497 e. The van der Waals surface area contributed by atoms with Gasteiger partial charge in [0.25, 0.3) is 0 Å². The van der Waals surface area contributed by atoms with Gasteiger partial charge < -0.3 is 29.7 Å². The van der Waals surface area contributed by atoms with Crippen molar-refractivity contribution < 1.29 is 22.6 Å². The van der Waals surface area contributed by atoms with Gasteiger partial charge in [-0.1, -0.05) is 0 Å². The van der Waals surface area contributed by atoms with Crippen LogP contribution in [-0.4, -0.2) is 86.0 Å². The molecule has 1 aliphatic heterocycles. The van der Waals surface area contributed by atoms with E-state index in [1.165, 1.54) is 6.26 Å². The van der Waals surface area contributed by atoms with Gasteiger partial charge in [-0.3, -0.25) is 4.99 Å². The second-order valence-electron chi connectivity index (χ2n) is 7.15. The maximum Gasteiger partial charge on any atom is 0.191 e. The summed E-state index contributed by atoms with van der Waals surface area (Å²) in [5.74, 6) is 2.31. The average Bonchev–Trinajstić information content (AvgIpc) is 3.18.